The minimum absolute atomic E-state index is 0.278. The van der Waals surface area contributed by atoms with Crippen LogP contribution in [0.5, 0.6) is 5.75 Å². The number of rotatable bonds is 6. The molecule has 6 nitrogen and oxygen atoms in total. The molecule has 1 atom stereocenters. The van der Waals surface area contributed by atoms with E-state index in [2.05, 4.69) is 31.4 Å². The van der Waals surface area contributed by atoms with Gasteiger partial charge in [0.05, 0.1) is 16.3 Å². The minimum Gasteiger partial charge on any atom is -0.479 e. The zero-order chi connectivity index (χ0) is 21.8. The summed E-state index contributed by atoms with van der Waals surface area (Å²) in [6.45, 7) is 1.86. The maximum Gasteiger partial charge on any atom is 0.281 e. The number of ether oxygens (including phenoxy) is 1. The van der Waals surface area contributed by atoms with Gasteiger partial charge >= 0.3 is 0 Å². The average Bonchev–Trinajstić information content (AvgIpc) is 2.79. The number of para-hydroxylation sites is 1. The number of aromatic amines is 1. The highest BCUT2D eigenvalue weighted by molar-refractivity contribution is 9.10. The molecule has 0 aliphatic carbocycles. The van der Waals surface area contributed by atoms with Gasteiger partial charge in [-0.05, 0) is 56.7 Å². The predicted molar refractivity (Wildman–Crippen MR) is 127 cm³/mol. The summed E-state index contributed by atoms with van der Waals surface area (Å²) >= 11 is 3.58. The average molecular weight is 478 g/mol. The SMILES string of the molecule is CCC(Oc1ccc2ccccc2c1Br)C(=O)N/N=C/c1cc2ccccc2[nH]c1=O. The number of hydrazone groups is 1. The highest BCUT2D eigenvalue weighted by Crippen LogP contribution is 2.33. The Morgan fingerprint density at radius 2 is 1.87 bits per heavy atom. The molecule has 7 heteroatoms. The molecule has 4 aromatic rings. The van der Waals surface area contributed by atoms with Gasteiger partial charge in [0.15, 0.2) is 6.10 Å². The van der Waals surface area contributed by atoms with E-state index < -0.39 is 12.0 Å². The zero-order valence-electron chi connectivity index (χ0n) is 16.8. The van der Waals surface area contributed by atoms with Crippen LogP contribution >= 0.6 is 15.9 Å². The van der Waals surface area contributed by atoms with Crippen molar-refractivity contribution in [1.82, 2.24) is 10.4 Å². The van der Waals surface area contributed by atoms with E-state index in [4.69, 9.17) is 4.74 Å². The first-order valence-corrected chi connectivity index (χ1v) is 10.6. The lowest BCUT2D eigenvalue weighted by atomic mass is 10.1. The number of pyridine rings is 1. The number of carbonyl (C=O) groups excluding carboxylic acids is 1. The topological polar surface area (TPSA) is 83.5 Å². The molecule has 2 N–H and O–H groups in total. The molecule has 0 saturated carbocycles. The van der Waals surface area contributed by atoms with Crippen LogP contribution < -0.4 is 15.7 Å². The second-order valence-corrected chi connectivity index (χ2v) is 7.78. The first-order chi connectivity index (χ1) is 15.1. The lowest BCUT2D eigenvalue weighted by molar-refractivity contribution is -0.128. The Labute approximate surface area is 187 Å². The van der Waals surface area contributed by atoms with Crippen molar-refractivity contribution < 1.29 is 9.53 Å². The lowest BCUT2D eigenvalue weighted by Crippen LogP contribution is -2.35. The summed E-state index contributed by atoms with van der Waals surface area (Å²) in [4.78, 5) is 27.6. The molecule has 1 unspecified atom stereocenters. The summed E-state index contributed by atoms with van der Waals surface area (Å²) in [6.07, 6.45) is 1.06. The number of halogens is 1. The van der Waals surface area contributed by atoms with Crippen LogP contribution in [0.25, 0.3) is 21.7 Å². The largest absolute Gasteiger partial charge is 0.479 e. The third-order valence-electron chi connectivity index (χ3n) is 4.92. The van der Waals surface area contributed by atoms with Crippen LogP contribution in [0, 0.1) is 0 Å². The van der Waals surface area contributed by atoms with Gasteiger partial charge in [-0.2, -0.15) is 5.10 Å². The van der Waals surface area contributed by atoms with E-state index >= 15 is 0 Å². The molecule has 1 aromatic heterocycles. The van der Waals surface area contributed by atoms with Crippen LogP contribution in [-0.2, 0) is 4.79 Å². The molecule has 1 amide bonds. The zero-order valence-corrected chi connectivity index (χ0v) is 18.3. The second kappa shape index (κ2) is 9.14. The Morgan fingerprint density at radius 3 is 2.68 bits per heavy atom. The van der Waals surface area contributed by atoms with E-state index in [1.54, 1.807) is 6.07 Å². The van der Waals surface area contributed by atoms with Crippen molar-refractivity contribution in [3.05, 3.63) is 87.1 Å². The van der Waals surface area contributed by atoms with Crippen LogP contribution in [0.1, 0.15) is 18.9 Å². The highest BCUT2D eigenvalue weighted by atomic mass is 79.9. The number of nitrogens with zero attached hydrogens (tertiary/aromatic N) is 1. The van der Waals surface area contributed by atoms with Crippen LogP contribution in [-0.4, -0.2) is 23.2 Å². The van der Waals surface area contributed by atoms with Gasteiger partial charge in [0.2, 0.25) is 0 Å². The van der Waals surface area contributed by atoms with Crippen LogP contribution in [0.3, 0.4) is 0 Å². The van der Waals surface area contributed by atoms with Gasteiger partial charge in [-0.25, -0.2) is 5.43 Å². The van der Waals surface area contributed by atoms with E-state index in [0.29, 0.717) is 17.7 Å². The molecular weight excluding hydrogens is 458 g/mol. The third-order valence-corrected chi connectivity index (χ3v) is 5.74. The van der Waals surface area contributed by atoms with Crippen LogP contribution in [0.15, 0.2) is 81.1 Å². The first kappa shape index (κ1) is 20.8. The van der Waals surface area contributed by atoms with Gasteiger partial charge in [-0.15, -0.1) is 0 Å². The van der Waals surface area contributed by atoms with Crippen molar-refractivity contribution in [2.45, 2.75) is 19.4 Å². The summed E-state index contributed by atoms with van der Waals surface area (Å²) in [5.74, 6) is 0.187. The first-order valence-electron chi connectivity index (χ1n) is 9.85. The molecular formula is C24H20BrN3O3. The Kier molecular flexibility index (Phi) is 6.13. The highest BCUT2D eigenvalue weighted by Gasteiger charge is 2.19. The molecule has 0 aliphatic heterocycles. The van der Waals surface area contributed by atoms with Gasteiger partial charge < -0.3 is 9.72 Å². The van der Waals surface area contributed by atoms with Crippen molar-refractivity contribution in [1.29, 1.82) is 0 Å². The van der Waals surface area contributed by atoms with Gasteiger partial charge in [-0.3, -0.25) is 9.59 Å². The van der Waals surface area contributed by atoms with Gasteiger partial charge in [0, 0.05) is 5.52 Å². The fourth-order valence-corrected chi connectivity index (χ4v) is 3.86. The number of hydrogen-bond donors (Lipinski definition) is 2. The number of amides is 1. The Bertz CT molecular complexity index is 1350. The molecule has 0 radical (unpaired) electrons. The van der Waals surface area contributed by atoms with E-state index in [1.165, 1.54) is 6.21 Å². The third kappa shape index (κ3) is 4.51. The van der Waals surface area contributed by atoms with Gasteiger partial charge in [0.1, 0.15) is 5.75 Å². The molecule has 0 saturated heterocycles. The van der Waals surface area contributed by atoms with E-state index in [0.717, 1.165) is 26.1 Å². The van der Waals surface area contributed by atoms with Crippen molar-refractivity contribution in [2.24, 2.45) is 5.10 Å². The number of nitrogens with one attached hydrogen (secondary N) is 2. The second-order valence-electron chi connectivity index (χ2n) is 6.99. The molecule has 31 heavy (non-hydrogen) atoms. The smallest absolute Gasteiger partial charge is 0.281 e. The molecule has 0 bridgehead atoms. The molecule has 0 fully saturated rings. The molecule has 156 valence electrons. The molecule has 4 rings (SSSR count). The van der Waals surface area contributed by atoms with Crippen LogP contribution in [0.2, 0.25) is 0 Å². The quantitative estimate of drug-likeness (QED) is 0.310. The summed E-state index contributed by atoms with van der Waals surface area (Å²) in [5, 5.41) is 6.91. The summed E-state index contributed by atoms with van der Waals surface area (Å²) in [5.41, 5.74) is 3.29. The van der Waals surface area contributed by atoms with Crippen LogP contribution in [0.4, 0.5) is 0 Å². The number of carbonyl (C=O) groups is 1. The number of fused-ring (bicyclic) bond motifs is 2. The van der Waals surface area contributed by atoms with Gasteiger partial charge in [0.25, 0.3) is 11.5 Å². The molecule has 3 aromatic carbocycles. The standard InChI is InChI=1S/C24H20BrN3O3/c1-2-20(31-21-12-11-15-7-3-5-9-18(15)22(21)25)24(30)28-26-14-17-13-16-8-4-6-10-19(16)27-23(17)29/h3-14,20H,2H2,1H3,(H,27,29)(H,28,30)/b26-14+. The summed E-state index contributed by atoms with van der Waals surface area (Å²) in [6, 6.07) is 20.9. The summed E-state index contributed by atoms with van der Waals surface area (Å²) in [7, 11) is 0. The Hall–Kier alpha value is -3.45. The number of benzene rings is 3. The van der Waals surface area contributed by atoms with Gasteiger partial charge in [-0.1, -0.05) is 55.5 Å². The van der Waals surface area contributed by atoms with Crippen molar-refractivity contribution >= 4 is 49.7 Å². The molecule has 0 spiro atoms. The van der Waals surface area contributed by atoms with Crippen molar-refractivity contribution in [2.75, 3.05) is 0 Å². The monoisotopic (exact) mass is 477 g/mol. The number of hydrogen-bond acceptors (Lipinski definition) is 4. The van der Waals surface area contributed by atoms with Crippen molar-refractivity contribution in [3.8, 4) is 5.75 Å². The number of H-pyrrole nitrogens is 1. The lowest BCUT2D eigenvalue weighted by Gasteiger charge is -2.17. The molecule has 1 heterocycles. The summed E-state index contributed by atoms with van der Waals surface area (Å²) < 4.78 is 6.74. The maximum atomic E-state index is 12.6. The maximum absolute atomic E-state index is 12.6. The van der Waals surface area contributed by atoms with E-state index in [9.17, 15) is 9.59 Å². The predicted octanol–water partition coefficient (Wildman–Crippen LogP) is 4.75. The molecule has 0 aliphatic rings. The van der Waals surface area contributed by atoms with Crippen molar-refractivity contribution in [3.63, 3.8) is 0 Å². The fourth-order valence-electron chi connectivity index (χ4n) is 3.28. The van der Waals surface area contributed by atoms with E-state index in [-0.39, 0.29) is 5.56 Å². The fraction of sp³-hybridized carbons (Fsp3) is 0.125. The Balaban J connectivity index is 1.48. The van der Waals surface area contributed by atoms with E-state index in [1.807, 2.05) is 67.6 Å². The Morgan fingerprint density at radius 1 is 1.13 bits per heavy atom. The minimum atomic E-state index is -0.732. The normalized spacial score (nSPS) is 12.3. The number of aromatic nitrogens is 1.